The molecule has 4 heteroatoms. The van der Waals surface area contributed by atoms with Gasteiger partial charge >= 0.3 is 6.09 Å². The molecule has 0 saturated carbocycles. The van der Waals surface area contributed by atoms with Gasteiger partial charge in [-0.05, 0) is 65.3 Å². The molecular weight excluding hydrogens is 434 g/mol. The van der Waals surface area contributed by atoms with Gasteiger partial charge in [0.05, 0.1) is 0 Å². The molecule has 35 heavy (non-hydrogen) atoms. The average Bonchev–Trinajstić information content (AvgIpc) is 2.89. The van der Waals surface area contributed by atoms with E-state index in [4.69, 9.17) is 4.74 Å². The number of carbonyl (C=O) groups excluding carboxylic acids is 2. The molecule has 2 bridgehead atoms. The van der Waals surface area contributed by atoms with Gasteiger partial charge in [0.1, 0.15) is 6.61 Å². The highest BCUT2D eigenvalue weighted by atomic mass is 16.6. The van der Waals surface area contributed by atoms with E-state index in [0.29, 0.717) is 12.8 Å². The smallest absolute Gasteiger partial charge is 0.410 e. The van der Waals surface area contributed by atoms with E-state index >= 15 is 0 Å². The Morgan fingerprint density at radius 2 is 1.34 bits per heavy atom. The normalized spacial score (nSPS) is 21.7. The molecule has 2 saturated heterocycles. The van der Waals surface area contributed by atoms with E-state index in [-0.39, 0.29) is 36.5 Å². The second kappa shape index (κ2) is 9.18. The number of piperidine rings is 2. The third kappa shape index (κ3) is 4.07. The number of fused-ring (bicyclic) bond motifs is 4. The van der Waals surface area contributed by atoms with Crippen LogP contribution in [0, 0.1) is 5.92 Å². The highest BCUT2D eigenvalue weighted by Crippen LogP contribution is 2.40. The van der Waals surface area contributed by atoms with Crippen molar-refractivity contribution in [3.8, 4) is 0 Å². The number of carbonyl (C=O) groups is 2. The van der Waals surface area contributed by atoms with Crippen molar-refractivity contribution in [2.75, 3.05) is 0 Å². The molecule has 0 N–H and O–H groups in total. The summed E-state index contributed by atoms with van der Waals surface area (Å²) in [7, 11) is 0. The number of hydrogen-bond acceptors (Lipinski definition) is 3. The molecule has 2 atom stereocenters. The van der Waals surface area contributed by atoms with E-state index in [0.717, 1.165) is 51.9 Å². The molecule has 4 nitrogen and oxygen atoms in total. The summed E-state index contributed by atoms with van der Waals surface area (Å²) in [5.74, 6) is 0.130. The van der Waals surface area contributed by atoms with Gasteiger partial charge in [0.15, 0.2) is 5.78 Å². The molecule has 2 unspecified atom stereocenters. The summed E-state index contributed by atoms with van der Waals surface area (Å²) in [5.41, 5.74) is 1.82. The number of ether oxygens (including phenoxy) is 1. The molecule has 2 aliphatic heterocycles. The lowest BCUT2D eigenvalue weighted by molar-refractivity contribution is 0.00479. The summed E-state index contributed by atoms with van der Waals surface area (Å²) in [6, 6.07) is 28.4. The average molecular weight is 464 g/mol. The topological polar surface area (TPSA) is 46.6 Å². The van der Waals surface area contributed by atoms with Crippen LogP contribution >= 0.6 is 0 Å². The van der Waals surface area contributed by atoms with Gasteiger partial charge in [-0.3, -0.25) is 4.79 Å². The Labute approximate surface area is 205 Å². The Morgan fingerprint density at radius 1 is 0.771 bits per heavy atom. The van der Waals surface area contributed by atoms with E-state index in [1.54, 1.807) is 0 Å². The Balaban J connectivity index is 1.27. The monoisotopic (exact) mass is 463 g/mol. The van der Waals surface area contributed by atoms with Gasteiger partial charge in [0, 0.05) is 23.6 Å². The quantitative estimate of drug-likeness (QED) is 0.239. The van der Waals surface area contributed by atoms with Crippen LogP contribution in [0.3, 0.4) is 0 Å². The first kappa shape index (κ1) is 21.8. The van der Waals surface area contributed by atoms with Gasteiger partial charge < -0.3 is 9.64 Å². The molecule has 0 aromatic heterocycles. The number of amides is 1. The molecule has 6 rings (SSSR count). The molecule has 1 amide bonds. The highest BCUT2D eigenvalue weighted by molar-refractivity contribution is 6.19. The number of benzene rings is 4. The van der Waals surface area contributed by atoms with Crippen molar-refractivity contribution in [2.45, 2.75) is 50.8 Å². The molecule has 0 spiro atoms. The molecule has 0 aliphatic carbocycles. The van der Waals surface area contributed by atoms with Gasteiger partial charge in [-0.15, -0.1) is 0 Å². The van der Waals surface area contributed by atoms with Crippen molar-refractivity contribution in [1.82, 2.24) is 4.90 Å². The Hall–Kier alpha value is -3.66. The number of nitrogens with zero attached hydrogens (tertiary/aromatic N) is 1. The number of ketones is 1. The van der Waals surface area contributed by atoms with E-state index < -0.39 is 0 Å². The van der Waals surface area contributed by atoms with Gasteiger partial charge in [-0.2, -0.15) is 0 Å². The minimum absolute atomic E-state index is 0.0564. The SMILES string of the molecule is O=C(c1c2ccccc2cc2ccccc12)C1CC2CCCC(C1)N2C(=O)OCc1ccccc1. The first-order chi connectivity index (χ1) is 17.2. The zero-order valence-electron chi connectivity index (χ0n) is 19.7. The largest absolute Gasteiger partial charge is 0.445 e. The summed E-state index contributed by atoms with van der Waals surface area (Å²) in [4.78, 5) is 29.2. The van der Waals surface area contributed by atoms with E-state index in [9.17, 15) is 9.59 Å². The maximum Gasteiger partial charge on any atom is 0.410 e. The lowest BCUT2D eigenvalue weighted by atomic mass is 9.75. The molecule has 2 aliphatic rings. The molecule has 4 aromatic carbocycles. The third-order valence-electron chi connectivity index (χ3n) is 7.78. The van der Waals surface area contributed by atoms with Crippen LogP contribution in [0.5, 0.6) is 0 Å². The zero-order valence-corrected chi connectivity index (χ0v) is 19.7. The van der Waals surface area contributed by atoms with Crippen molar-refractivity contribution < 1.29 is 14.3 Å². The highest BCUT2D eigenvalue weighted by Gasteiger charge is 2.44. The molecule has 0 radical (unpaired) electrons. The van der Waals surface area contributed by atoms with Gasteiger partial charge in [0.25, 0.3) is 0 Å². The van der Waals surface area contributed by atoms with Crippen LogP contribution in [-0.2, 0) is 11.3 Å². The molecule has 176 valence electrons. The first-order valence-corrected chi connectivity index (χ1v) is 12.6. The predicted molar refractivity (Wildman–Crippen MR) is 138 cm³/mol. The van der Waals surface area contributed by atoms with Crippen LogP contribution in [0.4, 0.5) is 4.79 Å². The minimum Gasteiger partial charge on any atom is -0.445 e. The van der Waals surface area contributed by atoms with Crippen molar-refractivity contribution >= 4 is 33.4 Å². The lowest BCUT2D eigenvalue weighted by Gasteiger charge is -2.47. The number of rotatable bonds is 4. The molecule has 2 heterocycles. The van der Waals surface area contributed by atoms with Gasteiger partial charge in [-0.1, -0.05) is 78.9 Å². The van der Waals surface area contributed by atoms with Gasteiger partial charge in [0.2, 0.25) is 0 Å². The second-order valence-electron chi connectivity index (χ2n) is 9.91. The Bertz CT molecular complexity index is 1330. The summed E-state index contributed by atoms with van der Waals surface area (Å²) in [6.45, 7) is 0.278. The second-order valence-corrected chi connectivity index (χ2v) is 9.91. The summed E-state index contributed by atoms with van der Waals surface area (Å²) in [5, 5.41) is 4.23. The fraction of sp³-hybridized carbons (Fsp3) is 0.290. The molecular formula is C31H29NO3. The van der Waals surface area contributed by atoms with Crippen molar-refractivity contribution in [3.63, 3.8) is 0 Å². The van der Waals surface area contributed by atoms with Crippen LogP contribution in [0.25, 0.3) is 21.5 Å². The van der Waals surface area contributed by atoms with Crippen molar-refractivity contribution in [2.24, 2.45) is 5.92 Å². The summed E-state index contributed by atoms with van der Waals surface area (Å²) < 4.78 is 5.70. The van der Waals surface area contributed by atoms with Crippen LogP contribution in [0.15, 0.2) is 84.9 Å². The fourth-order valence-corrected chi connectivity index (χ4v) is 6.17. The van der Waals surface area contributed by atoms with Crippen LogP contribution in [0.1, 0.15) is 48.0 Å². The zero-order chi connectivity index (χ0) is 23.8. The van der Waals surface area contributed by atoms with Crippen LogP contribution < -0.4 is 0 Å². The number of hydrogen-bond donors (Lipinski definition) is 0. The van der Waals surface area contributed by atoms with Crippen molar-refractivity contribution in [1.29, 1.82) is 0 Å². The van der Waals surface area contributed by atoms with E-state index in [1.807, 2.05) is 59.5 Å². The van der Waals surface area contributed by atoms with Crippen LogP contribution in [0.2, 0.25) is 0 Å². The predicted octanol–water partition coefficient (Wildman–Crippen LogP) is 7.15. The van der Waals surface area contributed by atoms with Crippen molar-refractivity contribution in [3.05, 3.63) is 96.1 Å². The molecule has 4 aromatic rings. The maximum absolute atomic E-state index is 14.1. The van der Waals surface area contributed by atoms with E-state index in [1.165, 1.54) is 0 Å². The standard InChI is InChI=1S/C31H29NO3/c33-30(29-27-15-6-4-11-22(27)17-23-12-5-7-16-28(23)29)24-18-25-13-8-14-26(19-24)32(25)31(34)35-20-21-9-2-1-3-10-21/h1-7,9-12,15-17,24-26H,8,13-14,18-20H2. The third-order valence-corrected chi connectivity index (χ3v) is 7.78. The summed E-state index contributed by atoms with van der Waals surface area (Å²) >= 11 is 0. The Morgan fingerprint density at radius 3 is 1.97 bits per heavy atom. The minimum atomic E-state index is -0.245. The van der Waals surface area contributed by atoms with Gasteiger partial charge in [-0.25, -0.2) is 4.79 Å². The summed E-state index contributed by atoms with van der Waals surface area (Å²) in [6.07, 6.45) is 4.11. The van der Waals surface area contributed by atoms with Crippen LogP contribution in [-0.4, -0.2) is 28.9 Å². The lowest BCUT2D eigenvalue weighted by Crippen LogP contribution is -2.55. The van der Waals surface area contributed by atoms with E-state index in [2.05, 4.69) is 30.3 Å². The molecule has 2 fully saturated rings. The maximum atomic E-state index is 14.1. The number of Topliss-reactive ketones (excluding diaryl/α,β-unsaturated/α-hetero) is 1. The Kier molecular flexibility index (Phi) is 5.73. The fourth-order valence-electron chi connectivity index (χ4n) is 6.17. The first-order valence-electron chi connectivity index (χ1n) is 12.6.